The highest BCUT2D eigenvalue weighted by molar-refractivity contribution is 9.10. The van der Waals surface area contributed by atoms with E-state index in [4.69, 9.17) is 16.3 Å². The normalized spacial score (nSPS) is 12.4. The molecule has 0 aliphatic heterocycles. The lowest BCUT2D eigenvalue weighted by Crippen LogP contribution is -2.22. The molecule has 1 unspecified atom stereocenters. The standard InChI is InChI=1S/C15H17BrClNOS/c1-3-18-13(15-12(16)6-7-20-15)9-10-8-11(17)4-5-14(10)19-2/h4-8,13,18H,3,9H2,1-2H3. The molecule has 0 fully saturated rings. The molecule has 0 amide bonds. The number of methoxy groups -OCH3 is 1. The van der Waals surface area contributed by atoms with Gasteiger partial charge in [-0.15, -0.1) is 11.3 Å². The predicted octanol–water partition coefficient (Wildman–Crippen LogP) is 5.07. The molecule has 20 heavy (non-hydrogen) atoms. The van der Waals surface area contributed by atoms with Crippen molar-refractivity contribution in [3.63, 3.8) is 0 Å². The summed E-state index contributed by atoms with van der Waals surface area (Å²) < 4.78 is 6.58. The van der Waals surface area contributed by atoms with Crippen molar-refractivity contribution >= 4 is 38.9 Å². The Balaban J connectivity index is 2.29. The average molecular weight is 375 g/mol. The highest BCUT2D eigenvalue weighted by atomic mass is 79.9. The summed E-state index contributed by atoms with van der Waals surface area (Å²) in [4.78, 5) is 1.30. The number of benzene rings is 1. The Kier molecular flexibility index (Phi) is 5.90. The summed E-state index contributed by atoms with van der Waals surface area (Å²) in [5, 5.41) is 6.36. The molecule has 1 heterocycles. The summed E-state index contributed by atoms with van der Waals surface area (Å²) in [6.07, 6.45) is 0.844. The number of hydrogen-bond acceptors (Lipinski definition) is 3. The topological polar surface area (TPSA) is 21.3 Å². The molecule has 0 saturated carbocycles. The maximum atomic E-state index is 6.11. The third-order valence-corrected chi connectivity index (χ3v) is 5.30. The quantitative estimate of drug-likeness (QED) is 0.762. The molecule has 5 heteroatoms. The number of ether oxygens (including phenoxy) is 1. The van der Waals surface area contributed by atoms with E-state index in [0.717, 1.165) is 33.8 Å². The lowest BCUT2D eigenvalue weighted by Gasteiger charge is -2.19. The summed E-state index contributed by atoms with van der Waals surface area (Å²) in [5.41, 5.74) is 1.12. The lowest BCUT2D eigenvalue weighted by molar-refractivity contribution is 0.406. The molecule has 2 rings (SSSR count). The van der Waals surface area contributed by atoms with Gasteiger partial charge in [0.1, 0.15) is 5.75 Å². The Labute approximate surface area is 137 Å². The van der Waals surface area contributed by atoms with Crippen LogP contribution in [0.1, 0.15) is 23.4 Å². The SMILES string of the molecule is CCNC(Cc1cc(Cl)ccc1OC)c1sccc1Br. The van der Waals surface area contributed by atoms with E-state index < -0.39 is 0 Å². The van der Waals surface area contributed by atoms with Crippen LogP contribution in [0, 0.1) is 0 Å². The maximum Gasteiger partial charge on any atom is 0.122 e. The Hall–Kier alpha value is -0.550. The van der Waals surface area contributed by atoms with Gasteiger partial charge in [-0.05, 0) is 64.1 Å². The third-order valence-electron chi connectivity index (χ3n) is 3.08. The molecule has 2 aromatic rings. The van der Waals surface area contributed by atoms with Crippen LogP contribution in [0.4, 0.5) is 0 Å². The van der Waals surface area contributed by atoms with Crippen LogP contribution in [0.2, 0.25) is 5.02 Å². The van der Waals surface area contributed by atoms with E-state index in [0.29, 0.717) is 0 Å². The van der Waals surface area contributed by atoms with Crippen LogP contribution in [0.3, 0.4) is 0 Å². The van der Waals surface area contributed by atoms with Gasteiger partial charge < -0.3 is 10.1 Å². The zero-order chi connectivity index (χ0) is 14.5. The molecular weight excluding hydrogens is 358 g/mol. The molecule has 0 saturated heterocycles. The van der Waals surface area contributed by atoms with Crippen molar-refractivity contribution in [2.75, 3.05) is 13.7 Å². The third kappa shape index (κ3) is 3.76. The molecule has 0 radical (unpaired) electrons. The highest BCUT2D eigenvalue weighted by Crippen LogP contribution is 2.33. The van der Waals surface area contributed by atoms with Crippen LogP contribution >= 0.6 is 38.9 Å². The fourth-order valence-electron chi connectivity index (χ4n) is 2.18. The second-order valence-electron chi connectivity index (χ2n) is 4.40. The van der Waals surface area contributed by atoms with E-state index in [2.05, 4.69) is 39.6 Å². The van der Waals surface area contributed by atoms with Gasteiger partial charge in [0.15, 0.2) is 0 Å². The van der Waals surface area contributed by atoms with Gasteiger partial charge >= 0.3 is 0 Å². The van der Waals surface area contributed by atoms with Gasteiger partial charge in [-0.1, -0.05) is 18.5 Å². The van der Waals surface area contributed by atoms with Crippen LogP contribution in [0.15, 0.2) is 34.1 Å². The predicted molar refractivity (Wildman–Crippen MR) is 90.1 cm³/mol. The minimum absolute atomic E-state index is 0.252. The first-order valence-electron chi connectivity index (χ1n) is 6.44. The summed E-state index contributed by atoms with van der Waals surface area (Å²) >= 11 is 11.5. The van der Waals surface area contributed by atoms with Gasteiger partial charge in [-0.2, -0.15) is 0 Å². The number of halogens is 2. The summed E-state index contributed by atoms with van der Waals surface area (Å²) in [6, 6.07) is 8.09. The van der Waals surface area contributed by atoms with Crippen molar-refractivity contribution in [3.05, 3.63) is 49.6 Å². The van der Waals surface area contributed by atoms with E-state index in [9.17, 15) is 0 Å². The monoisotopic (exact) mass is 373 g/mol. The van der Waals surface area contributed by atoms with Gasteiger partial charge in [0, 0.05) is 20.4 Å². The molecule has 1 aromatic heterocycles. The Bertz CT molecular complexity index is 573. The Morgan fingerprint density at radius 1 is 1.40 bits per heavy atom. The first-order valence-corrected chi connectivity index (χ1v) is 8.49. The van der Waals surface area contributed by atoms with E-state index in [1.807, 2.05) is 18.2 Å². The first-order chi connectivity index (χ1) is 9.65. The van der Waals surface area contributed by atoms with Gasteiger partial charge in [0.25, 0.3) is 0 Å². The van der Waals surface area contributed by atoms with Crippen LogP contribution in [-0.4, -0.2) is 13.7 Å². The number of thiophene rings is 1. The molecule has 108 valence electrons. The summed E-state index contributed by atoms with van der Waals surface area (Å²) in [6.45, 7) is 3.03. The van der Waals surface area contributed by atoms with Crippen molar-refractivity contribution in [2.24, 2.45) is 0 Å². The molecule has 0 spiro atoms. The van der Waals surface area contributed by atoms with Gasteiger partial charge in [0.05, 0.1) is 7.11 Å². The molecular formula is C15H17BrClNOS. The van der Waals surface area contributed by atoms with Crippen LogP contribution in [0.5, 0.6) is 5.75 Å². The summed E-state index contributed by atoms with van der Waals surface area (Å²) in [5.74, 6) is 0.880. The zero-order valence-electron chi connectivity index (χ0n) is 11.5. The van der Waals surface area contributed by atoms with Crippen molar-refractivity contribution < 1.29 is 4.74 Å². The largest absolute Gasteiger partial charge is 0.496 e. The summed E-state index contributed by atoms with van der Waals surface area (Å²) in [7, 11) is 1.69. The molecule has 0 bridgehead atoms. The van der Waals surface area contributed by atoms with Crippen molar-refractivity contribution in [2.45, 2.75) is 19.4 Å². The zero-order valence-corrected chi connectivity index (χ0v) is 14.6. The van der Waals surface area contributed by atoms with Crippen molar-refractivity contribution in [1.29, 1.82) is 0 Å². The van der Waals surface area contributed by atoms with Crippen molar-refractivity contribution in [1.82, 2.24) is 5.32 Å². The van der Waals surface area contributed by atoms with Gasteiger partial charge in [0.2, 0.25) is 0 Å². The lowest BCUT2D eigenvalue weighted by atomic mass is 10.0. The molecule has 1 aromatic carbocycles. The number of nitrogens with one attached hydrogen (secondary N) is 1. The molecule has 0 aliphatic rings. The smallest absolute Gasteiger partial charge is 0.122 e. The van der Waals surface area contributed by atoms with Crippen LogP contribution in [-0.2, 0) is 6.42 Å². The van der Waals surface area contributed by atoms with Crippen molar-refractivity contribution in [3.8, 4) is 5.75 Å². The average Bonchev–Trinajstić information content (AvgIpc) is 2.85. The van der Waals surface area contributed by atoms with E-state index in [-0.39, 0.29) is 6.04 Å². The van der Waals surface area contributed by atoms with E-state index in [1.165, 1.54) is 4.88 Å². The minimum Gasteiger partial charge on any atom is -0.496 e. The van der Waals surface area contributed by atoms with Crippen LogP contribution in [0.25, 0.3) is 0 Å². The van der Waals surface area contributed by atoms with Gasteiger partial charge in [-0.3, -0.25) is 0 Å². The van der Waals surface area contributed by atoms with Crippen LogP contribution < -0.4 is 10.1 Å². The first kappa shape index (κ1) is 15.8. The van der Waals surface area contributed by atoms with E-state index >= 15 is 0 Å². The highest BCUT2D eigenvalue weighted by Gasteiger charge is 2.17. The maximum absolute atomic E-state index is 6.11. The number of likely N-dealkylation sites (N-methyl/N-ethyl adjacent to an activating group) is 1. The number of rotatable bonds is 6. The fourth-order valence-corrected chi connectivity index (χ4v) is 4.11. The van der Waals surface area contributed by atoms with E-state index in [1.54, 1.807) is 18.4 Å². The Morgan fingerprint density at radius 2 is 2.20 bits per heavy atom. The minimum atomic E-state index is 0.252. The Morgan fingerprint density at radius 3 is 2.80 bits per heavy atom. The number of hydrogen-bond donors (Lipinski definition) is 1. The molecule has 2 nitrogen and oxygen atoms in total. The second kappa shape index (κ2) is 7.46. The van der Waals surface area contributed by atoms with Gasteiger partial charge in [-0.25, -0.2) is 0 Å². The molecule has 1 atom stereocenters. The fraction of sp³-hybridized carbons (Fsp3) is 0.333. The molecule has 0 aliphatic carbocycles. The second-order valence-corrected chi connectivity index (χ2v) is 6.64. The molecule has 1 N–H and O–H groups in total.